The highest BCUT2D eigenvalue weighted by Gasteiger charge is 2.43. The van der Waals surface area contributed by atoms with E-state index in [4.69, 9.17) is 5.11 Å². The fourth-order valence-electron chi connectivity index (χ4n) is 2.59. The third kappa shape index (κ3) is 4.89. The summed E-state index contributed by atoms with van der Waals surface area (Å²) in [7, 11) is 0. The Balaban J connectivity index is 2.60. The molecule has 0 heterocycles. The molecule has 1 aliphatic rings. The number of aliphatic carboxylic acids is 1. The van der Waals surface area contributed by atoms with Gasteiger partial charge in [0.2, 0.25) is 5.91 Å². The molecule has 0 radical (unpaired) electrons. The second-order valence-electron chi connectivity index (χ2n) is 6.74. The van der Waals surface area contributed by atoms with Gasteiger partial charge in [0.25, 0.3) is 0 Å². The van der Waals surface area contributed by atoms with Crippen LogP contribution in [0.15, 0.2) is 0 Å². The Kier molecular flexibility index (Phi) is 5.28. The number of rotatable bonds is 3. The lowest BCUT2D eigenvalue weighted by Crippen LogP contribution is -2.51. The van der Waals surface area contributed by atoms with Crippen LogP contribution in [0.1, 0.15) is 46.5 Å². The van der Waals surface area contributed by atoms with Gasteiger partial charge in [0.1, 0.15) is 6.04 Å². The Bertz CT molecular complexity index is 393. The largest absolute Gasteiger partial charge is 0.480 e. The maximum Gasteiger partial charge on any atom is 0.391 e. The Morgan fingerprint density at radius 2 is 1.57 bits per heavy atom. The molecule has 1 aliphatic carbocycles. The minimum absolute atomic E-state index is 0.0746. The maximum atomic E-state index is 12.6. The lowest BCUT2D eigenvalue weighted by Gasteiger charge is -2.32. The number of carboxylic acid groups (broad SMARTS) is 1. The van der Waals surface area contributed by atoms with Crippen LogP contribution in [0.2, 0.25) is 0 Å². The molecule has 0 spiro atoms. The molecule has 0 aliphatic heterocycles. The van der Waals surface area contributed by atoms with Crippen LogP contribution >= 0.6 is 0 Å². The molecule has 0 unspecified atom stereocenters. The molecule has 1 fully saturated rings. The van der Waals surface area contributed by atoms with Crippen LogP contribution in [0, 0.1) is 17.3 Å². The van der Waals surface area contributed by atoms with Crippen LogP contribution in [0.3, 0.4) is 0 Å². The van der Waals surface area contributed by atoms with Crippen molar-refractivity contribution in [3.8, 4) is 0 Å². The van der Waals surface area contributed by atoms with Crippen molar-refractivity contribution in [3.63, 3.8) is 0 Å². The third-order valence-electron chi connectivity index (χ3n) is 3.96. The van der Waals surface area contributed by atoms with Crippen molar-refractivity contribution in [2.75, 3.05) is 0 Å². The Hall–Kier alpha value is -1.27. The minimum Gasteiger partial charge on any atom is -0.480 e. The molecule has 0 aromatic rings. The average Bonchev–Trinajstić information content (AvgIpc) is 2.33. The number of carbonyl (C=O) groups is 2. The van der Waals surface area contributed by atoms with E-state index in [0.29, 0.717) is 0 Å². The lowest BCUT2D eigenvalue weighted by molar-refractivity contribution is -0.184. The first-order valence-electron chi connectivity index (χ1n) is 7.03. The Morgan fingerprint density at radius 3 is 1.90 bits per heavy atom. The van der Waals surface area contributed by atoms with E-state index in [1.807, 2.05) is 0 Å². The van der Waals surface area contributed by atoms with Crippen molar-refractivity contribution < 1.29 is 27.9 Å². The highest BCUT2D eigenvalue weighted by Crippen LogP contribution is 2.39. The molecule has 0 aromatic heterocycles. The summed E-state index contributed by atoms with van der Waals surface area (Å²) >= 11 is 0. The van der Waals surface area contributed by atoms with Gasteiger partial charge >= 0.3 is 12.1 Å². The van der Waals surface area contributed by atoms with E-state index in [1.54, 1.807) is 20.8 Å². The molecule has 0 bridgehead atoms. The van der Waals surface area contributed by atoms with E-state index in [2.05, 4.69) is 5.32 Å². The van der Waals surface area contributed by atoms with Crippen LogP contribution in [0.4, 0.5) is 13.2 Å². The fraction of sp³-hybridized carbons (Fsp3) is 0.857. The Morgan fingerprint density at radius 1 is 1.10 bits per heavy atom. The van der Waals surface area contributed by atoms with Gasteiger partial charge in [0, 0.05) is 5.92 Å². The number of halogens is 3. The van der Waals surface area contributed by atoms with Gasteiger partial charge in [-0.25, -0.2) is 4.79 Å². The summed E-state index contributed by atoms with van der Waals surface area (Å²) in [6, 6.07) is -1.05. The summed E-state index contributed by atoms with van der Waals surface area (Å²) in [5.74, 6) is -3.48. The minimum atomic E-state index is -4.21. The molecule has 4 nitrogen and oxygen atoms in total. The number of amides is 1. The molecule has 21 heavy (non-hydrogen) atoms. The standard InChI is InChI=1S/C14H22F3NO3/c1-13(2,3)10(12(20)21)18-11(19)8-4-6-9(7-5-8)14(15,16)17/h8-10H,4-7H2,1-3H3,(H,18,19)(H,20,21)/t8?,9?,10-/m1/s1. The number of hydrogen-bond donors (Lipinski definition) is 2. The third-order valence-corrected chi connectivity index (χ3v) is 3.96. The number of carbonyl (C=O) groups excluding carboxylic acids is 1. The summed E-state index contributed by atoms with van der Waals surface area (Å²) < 4.78 is 37.7. The normalized spacial score (nSPS) is 25.2. The first kappa shape index (κ1) is 17.8. The molecule has 7 heteroatoms. The van der Waals surface area contributed by atoms with Crippen molar-refractivity contribution >= 4 is 11.9 Å². The molecule has 1 atom stereocenters. The van der Waals surface area contributed by atoms with Gasteiger partial charge < -0.3 is 10.4 Å². The zero-order valence-electron chi connectivity index (χ0n) is 12.5. The second-order valence-corrected chi connectivity index (χ2v) is 6.74. The summed E-state index contributed by atoms with van der Waals surface area (Å²) in [5, 5.41) is 11.6. The monoisotopic (exact) mass is 309 g/mol. The zero-order valence-corrected chi connectivity index (χ0v) is 12.5. The maximum absolute atomic E-state index is 12.6. The summed E-state index contributed by atoms with van der Waals surface area (Å²) in [4.78, 5) is 23.2. The number of carboxylic acids is 1. The molecular weight excluding hydrogens is 287 g/mol. The van der Waals surface area contributed by atoms with Crippen LogP contribution < -0.4 is 5.32 Å². The zero-order chi connectivity index (χ0) is 16.4. The SMILES string of the molecule is CC(C)(C)[C@H](NC(=O)C1CCC(C(F)(F)F)CC1)C(=O)O. The smallest absolute Gasteiger partial charge is 0.391 e. The van der Waals surface area contributed by atoms with Gasteiger partial charge in [0.15, 0.2) is 0 Å². The van der Waals surface area contributed by atoms with E-state index < -0.39 is 41.3 Å². The summed E-state index contributed by atoms with van der Waals surface area (Å²) in [6.07, 6.45) is -4.07. The molecule has 1 rings (SSSR count). The fourth-order valence-corrected chi connectivity index (χ4v) is 2.59. The van der Waals surface area contributed by atoms with Gasteiger partial charge in [0.05, 0.1) is 5.92 Å². The van der Waals surface area contributed by atoms with Crippen LogP contribution in [0.5, 0.6) is 0 Å². The lowest BCUT2D eigenvalue weighted by atomic mass is 9.80. The second kappa shape index (κ2) is 6.23. The van der Waals surface area contributed by atoms with Crippen molar-refractivity contribution in [1.82, 2.24) is 5.32 Å². The van der Waals surface area contributed by atoms with E-state index in [9.17, 15) is 22.8 Å². The highest BCUT2D eigenvalue weighted by molar-refractivity contribution is 5.85. The predicted molar refractivity (Wildman–Crippen MR) is 70.5 cm³/mol. The Labute approximate surface area is 122 Å². The first-order valence-corrected chi connectivity index (χ1v) is 7.03. The van der Waals surface area contributed by atoms with Gasteiger partial charge in [-0.05, 0) is 31.1 Å². The highest BCUT2D eigenvalue weighted by atomic mass is 19.4. The van der Waals surface area contributed by atoms with E-state index in [0.717, 1.165) is 0 Å². The van der Waals surface area contributed by atoms with Crippen LogP contribution in [0.25, 0.3) is 0 Å². The topological polar surface area (TPSA) is 66.4 Å². The molecule has 1 amide bonds. The van der Waals surface area contributed by atoms with Crippen LogP contribution in [-0.2, 0) is 9.59 Å². The molecule has 2 N–H and O–H groups in total. The van der Waals surface area contributed by atoms with Crippen molar-refractivity contribution in [1.29, 1.82) is 0 Å². The predicted octanol–water partition coefficient (Wildman–Crippen LogP) is 2.97. The summed E-state index contributed by atoms with van der Waals surface area (Å²) in [5.41, 5.74) is -0.662. The molecule has 0 saturated heterocycles. The van der Waals surface area contributed by atoms with Crippen molar-refractivity contribution in [3.05, 3.63) is 0 Å². The average molecular weight is 309 g/mol. The molecule has 0 aromatic carbocycles. The molecule has 1 saturated carbocycles. The van der Waals surface area contributed by atoms with Gasteiger partial charge in [-0.1, -0.05) is 20.8 Å². The first-order chi connectivity index (χ1) is 9.43. The van der Waals surface area contributed by atoms with Gasteiger partial charge in [-0.2, -0.15) is 13.2 Å². The van der Waals surface area contributed by atoms with Gasteiger partial charge in [-0.15, -0.1) is 0 Å². The van der Waals surface area contributed by atoms with E-state index in [-0.39, 0.29) is 25.7 Å². The quantitative estimate of drug-likeness (QED) is 0.842. The van der Waals surface area contributed by atoms with Crippen molar-refractivity contribution in [2.45, 2.75) is 58.7 Å². The van der Waals surface area contributed by atoms with Crippen molar-refractivity contribution in [2.24, 2.45) is 17.3 Å². The number of alkyl halides is 3. The molecule has 122 valence electrons. The summed E-state index contributed by atoms with van der Waals surface area (Å²) in [6.45, 7) is 5.06. The van der Waals surface area contributed by atoms with E-state index in [1.165, 1.54) is 0 Å². The molecular formula is C14H22F3NO3. The number of hydrogen-bond acceptors (Lipinski definition) is 2. The number of nitrogens with one attached hydrogen (secondary N) is 1. The van der Waals surface area contributed by atoms with E-state index >= 15 is 0 Å². The van der Waals surface area contributed by atoms with Crippen LogP contribution in [-0.4, -0.2) is 29.2 Å². The van der Waals surface area contributed by atoms with Gasteiger partial charge in [-0.3, -0.25) is 4.79 Å².